The molecule has 0 amide bonds. The van der Waals surface area contributed by atoms with E-state index >= 15 is 0 Å². The first kappa shape index (κ1) is 13.7. The molecule has 3 rings (SSSR count). The molecular weight excluding hydrogens is 311 g/mol. The minimum Gasteiger partial charge on any atom is -0.487 e. The molecule has 0 saturated carbocycles. The molecule has 0 aliphatic heterocycles. The van der Waals surface area contributed by atoms with Gasteiger partial charge in [0.2, 0.25) is 0 Å². The fourth-order valence-corrected chi connectivity index (χ4v) is 3.52. The van der Waals surface area contributed by atoms with Crippen molar-refractivity contribution in [3.8, 4) is 5.75 Å². The summed E-state index contributed by atoms with van der Waals surface area (Å²) in [4.78, 5) is 0. The monoisotopic (exact) mass is 322 g/mol. The van der Waals surface area contributed by atoms with Gasteiger partial charge in [-0.2, -0.15) is 0 Å². The van der Waals surface area contributed by atoms with Gasteiger partial charge >= 0.3 is 0 Å². The summed E-state index contributed by atoms with van der Waals surface area (Å²) in [6.07, 6.45) is 0. The summed E-state index contributed by atoms with van der Waals surface area (Å²) in [6, 6.07) is 13.9. The fraction of sp³-hybridized carbons (Fsp3) is 0.125. The third kappa shape index (κ3) is 2.64. The zero-order valence-electron chi connectivity index (χ0n) is 10.6. The maximum atomic E-state index is 6.19. The Balaban J connectivity index is 1.87. The Morgan fingerprint density at radius 1 is 1.00 bits per heavy atom. The molecule has 102 valence electrons. The van der Waals surface area contributed by atoms with Gasteiger partial charge in [0.15, 0.2) is 0 Å². The minimum atomic E-state index is 0.389. The van der Waals surface area contributed by atoms with Crippen molar-refractivity contribution in [3.05, 3.63) is 64.0 Å². The molecular formula is C16H12Cl2OS. The van der Waals surface area contributed by atoms with Crippen molar-refractivity contribution in [2.75, 3.05) is 0 Å². The Hall–Kier alpha value is -1.22. The van der Waals surface area contributed by atoms with Crippen LogP contribution in [-0.2, 0) is 12.5 Å². The lowest BCUT2D eigenvalue weighted by Crippen LogP contribution is -1.98. The molecule has 20 heavy (non-hydrogen) atoms. The largest absolute Gasteiger partial charge is 0.487 e. The zero-order valence-corrected chi connectivity index (χ0v) is 12.9. The number of hydrogen-bond acceptors (Lipinski definition) is 2. The number of ether oxygens (including phenoxy) is 1. The Morgan fingerprint density at radius 2 is 1.85 bits per heavy atom. The number of alkyl halides is 1. The van der Waals surface area contributed by atoms with Crippen molar-refractivity contribution in [1.29, 1.82) is 0 Å². The smallest absolute Gasteiger partial charge is 0.142 e. The molecule has 2 aromatic carbocycles. The lowest BCUT2D eigenvalue weighted by Gasteiger charge is -2.11. The Morgan fingerprint density at radius 3 is 2.70 bits per heavy atom. The molecule has 0 spiro atoms. The summed E-state index contributed by atoms with van der Waals surface area (Å²) in [5.41, 5.74) is 2.09. The summed E-state index contributed by atoms with van der Waals surface area (Å²) in [5.74, 6) is 1.07. The normalized spacial score (nSPS) is 10.9. The Kier molecular flexibility index (Phi) is 4.16. The van der Waals surface area contributed by atoms with Crippen LogP contribution in [0.2, 0.25) is 5.02 Å². The number of rotatable bonds is 4. The van der Waals surface area contributed by atoms with Crippen molar-refractivity contribution in [2.45, 2.75) is 12.5 Å². The first-order valence-corrected chi connectivity index (χ1v) is 8.00. The molecule has 4 heteroatoms. The summed E-state index contributed by atoms with van der Waals surface area (Å²) >= 11 is 13.8. The molecule has 0 radical (unpaired) electrons. The number of halogens is 2. The summed E-state index contributed by atoms with van der Waals surface area (Å²) < 4.78 is 7.17. The number of fused-ring (bicyclic) bond motifs is 1. The highest BCUT2D eigenvalue weighted by molar-refractivity contribution is 7.17. The van der Waals surface area contributed by atoms with Gasteiger partial charge < -0.3 is 4.74 Å². The predicted molar refractivity (Wildman–Crippen MR) is 87.2 cm³/mol. The van der Waals surface area contributed by atoms with E-state index in [9.17, 15) is 0 Å². The zero-order chi connectivity index (χ0) is 13.9. The minimum absolute atomic E-state index is 0.389. The lowest BCUT2D eigenvalue weighted by atomic mass is 10.2. The highest BCUT2D eigenvalue weighted by Crippen LogP contribution is 2.32. The van der Waals surface area contributed by atoms with Gasteiger partial charge in [-0.3, -0.25) is 0 Å². The quantitative estimate of drug-likeness (QED) is 0.545. The number of thiophene rings is 1. The third-order valence-electron chi connectivity index (χ3n) is 3.13. The van der Waals surface area contributed by atoms with Gasteiger partial charge in [-0.25, -0.2) is 0 Å². The van der Waals surface area contributed by atoms with E-state index in [2.05, 4.69) is 17.5 Å². The maximum absolute atomic E-state index is 6.19. The van der Waals surface area contributed by atoms with E-state index in [-0.39, 0.29) is 0 Å². The van der Waals surface area contributed by atoms with Crippen LogP contribution >= 0.6 is 34.5 Å². The van der Waals surface area contributed by atoms with Gasteiger partial charge in [0.1, 0.15) is 12.4 Å². The molecule has 1 aromatic heterocycles. The van der Waals surface area contributed by atoms with E-state index in [1.807, 2.05) is 30.3 Å². The third-order valence-corrected chi connectivity index (χ3v) is 4.72. The molecule has 0 fully saturated rings. The molecule has 0 aliphatic rings. The second kappa shape index (κ2) is 6.04. The van der Waals surface area contributed by atoms with Crippen LogP contribution in [-0.4, -0.2) is 0 Å². The lowest BCUT2D eigenvalue weighted by molar-refractivity contribution is 0.306. The molecule has 0 bridgehead atoms. The van der Waals surface area contributed by atoms with E-state index in [1.54, 1.807) is 11.3 Å². The second-order valence-electron chi connectivity index (χ2n) is 4.41. The van der Waals surface area contributed by atoms with Crippen LogP contribution in [0.5, 0.6) is 5.75 Å². The van der Waals surface area contributed by atoms with Crippen molar-refractivity contribution >= 4 is 44.6 Å². The molecule has 0 unspecified atom stereocenters. The van der Waals surface area contributed by atoms with E-state index in [4.69, 9.17) is 27.9 Å². The van der Waals surface area contributed by atoms with Gasteiger partial charge in [0.25, 0.3) is 0 Å². The van der Waals surface area contributed by atoms with E-state index in [1.165, 1.54) is 15.6 Å². The van der Waals surface area contributed by atoms with Crippen LogP contribution in [0.25, 0.3) is 10.1 Å². The van der Waals surface area contributed by atoms with Gasteiger partial charge in [0.05, 0.1) is 10.9 Å². The predicted octanol–water partition coefficient (Wildman–Crippen LogP) is 5.87. The highest BCUT2D eigenvalue weighted by atomic mass is 35.5. The van der Waals surface area contributed by atoms with Crippen molar-refractivity contribution in [3.63, 3.8) is 0 Å². The summed E-state index contributed by atoms with van der Waals surface area (Å²) in [5, 5.41) is 3.96. The van der Waals surface area contributed by atoms with E-state index < -0.39 is 0 Å². The average molecular weight is 323 g/mol. The van der Waals surface area contributed by atoms with Crippen LogP contribution in [0.1, 0.15) is 11.1 Å². The SMILES string of the molecule is ClCc1cccc(Cl)c1OCc1csc2ccccc12. The van der Waals surface area contributed by atoms with Crippen LogP contribution in [0.4, 0.5) is 0 Å². The fourth-order valence-electron chi connectivity index (χ4n) is 2.11. The summed E-state index contributed by atoms with van der Waals surface area (Å²) in [6.45, 7) is 0.498. The Labute approximate surface area is 131 Å². The van der Waals surface area contributed by atoms with Crippen LogP contribution in [0, 0.1) is 0 Å². The van der Waals surface area contributed by atoms with E-state index in [0.717, 1.165) is 5.56 Å². The molecule has 0 aliphatic carbocycles. The second-order valence-corrected chi connectivity index (χ2v) is 5.99. The van der Waals surface area contributed by atoms with E-state index in [0.29, 0.717) is 23.3 Å². The number of benzene rings is 2. The van der Waals surface area contributed by atoms with Gasteiger partial charge in [-0.1, -0.05) is 41.9 Å². The Bertz CT molecular complexity index is 736. The molecule has 0 N–H and O–H groups in total. The maximum Gasteiger partial charge on any atom is 0.142 e. The number of para-hydroxylation sites is 1. The number of hydrogen-bond donors (Lipinski definition) is 0. The first-order chi connectivity index (χ1) is 9.79. The molecule has 3 aromatic rings. The van der Waals surface area contributed by atoms with Crippen molar-refractivity contribution in [1.82, 2.24) is 0 Å². The molecule has 1 nitrogen and oxygen atoms in total. The topological polar surface area (TPSA) is 9.23 Å². The van der Waals surface area contributed by atoms with Crippen molar-refractivity contribution in [2.24, 2.45) is 0 Å². The molecule has 1 heterocycles. The van der Waals surface area contributed by atoms with Crippen LogP contribution in [0.15, 0.2) is 47.8 Å². The molecule has 0 saturated heterocycles. The van der Waals surface area contributed by atoms with Crippen LogP contribution in [0.3, 0.4) is 0 Å². The van der Waals surface area contributed by atoms with Gasteiger partial charge in [-0.15, -0.1) is 22.9 Å². The van der Waals surface area contributed by atoms with Crippen LogP contribution < -0.4 is 4.74 Å². The first-order valence-electron chi connectivity index (χ1n) is 6.21. The average Bonchev–Trinajstić information content (AvgIpc) is 2.89. The highest BCUT2D eigenvalue weighted by Gasteiger charge is 2.09. The van der Waals surface area contributed by atoms with Gasteiger partial charge in [0, 0.05) is 15.8 Å². The van der Waals surface area contributed by atoms with Crippen molar-refractivity contribution < 1.29 is 4.74 Å². The standard InChI is InChI=1S/C16H12Cl2OS/c17-8-11-4-3-6-14(18)16(11)19-9-12-10-20-15-7-2-1-5-13(12)15/h1-7,10H,8-9H2. The summed E-state index contributed by atoms with van der Waals surface area (Å²) in [7, 11) is 0. The van der Waals surface area contributed by atoms with Gasteiger partial charge in [-0.05, 0) is 22.9 Å². The molecule has 0 atom stereocenters.